The van der Waals surface area contributed by atoms with Gasteiger partial charge >= 0.3 is 51.4 Å². The summed E-state index contributed by atoms with van der Waals surface area (Å²) in [4.78, 5) is 4.34. The molecule has 0 aliphatic carbocycles. The predicted molar refractivity (Wildman–Crippen MR) is 32.3 cm³/mol. The minimum atomic E-state index is 0. The zero-order valence-corrected chi connectivity index (χ0v) is 9.40. The summed E-state index contributed by atoms with van der Waals surface area (Å²) in [5.41, 5.74) is 0.523. The van der Waals surface area contributed by atoms with Crippen LogP contribution in [-0.2, 0) is 4.84 Å². The molecule has 0 aromatic carbocycles. The largest absolute Gasteiger partial charge is 1.00 e. The van der Waals surface area contributed by atoms with E-state index in [4.69, 9.17) is 5.21 Å². The van der Waals surface area contributed by atoms with Crippen molar-refractivity contribution < 1.29 is 66.9 Å². The van der Waals surface area contributed by atoms with Gasteiger partial charge in [-0.1, -0.05) is 10.3 Å². The maximum Gasteiger partial charge on any atom is 1.00 e. The molecule has 0 rings (SSSR count). The maximum absolute atomic E-state index is 7.90. The van der Waals surface area contributed by atoms with Crippen molar-refractivity contribution in [2.45, 2.75) is 6.92 Å². The molecule has 0 aliphatic heterocycles. The smallest absolute Gasteiger partial charge is 0.870 e. The summed E-state index contributed by atoms with van der Waals surface area (Å²) in [6, 6.07) is 0. The van der Waals surface area contributed by atoms with Crippen molar-refractivity contribution >= 4 is 11.9 Å². The standard InChI is InChI=1S/C4H8N2O2.K.H2O/c1-4(3-5-7)6-8-2;;/h3,7H,1-2H3;;1H2/q;+1;/p-1. The van der Waals surface area contributed by atoms with E-state index in [0.717, 1.165) is 0 Å². The number of hydrogen-bond donors (Lipinski definition) is 1. The Bertz CT molecular complexity index is 115. The van der Waals surface area contributed by atoms with Crippen LogP contribution in [-0.4, -0.2) is 29.7 Å². The van der Waals surface area contributed by atoms with Crippen molar-refractivity contribution in [3.63, 3.8) is 0 Å². The Morgan fingerprint density at radius 2 is 2.10 bits per heavy atom. The van der Waals surface area contributed by atoms with Gasteiger partial charge in [-0.25, -0.2) is 0 Å². The zero-order valence-electron chi connectivity index (χ0n) is 6.27. The van der Waals surface area contributed by atoms with Crippen molar-refractivity contribution in [2.75, 3.05) is 7.11 Å². The molecule has 0 heterocycles. The van der Waals surface area contributed by atoms with E-state index in [2.05, 4.69) is 15.1 Å². The van der Waals surface area contributed by atoms with Gasteiger partial charge in [0.1, 0.15) is 7.11 Å². The van der Waals surface area contributed by atoms with E-state index in [1.54, 1.807) is 6.92 Å². The Morgan fingerprint density at radius 3 is 2.40 bits per heavy atom. The molecule has 54 valence electrons. The van der Waals surface area contributed by atoms with Crippen LogP contribution in [0.15, 0.2) is 10.3 Å². The molecule has 0 aromatic rings. The van der Waals surface area contributed by atoms with Gasteiger partial charge in [0.05, 0.1) is 11.9 Å². The predicted octanol–water partition coefficient (Wildman–Crippen LogP) is -2.70. The summed E-state index contributed by atoms with van der Waals surface area (Å²) in [5.74, 6) is 0. The first-order valence-electron chi connectivity index (χ1n) is 2.06. The van der Waals surface area contributed by atoms with E-state index in [0.29, 0.717) is 5.71 Å². The molecule has 0 fully saturated rings. The van der Waals surface area contributed by atoms with Crippen molar-refractivity contribution in [3.05, 3.63) is 0 Å². The van der Waals surface area contributed by atoms with Crippen LogP contribution in [0.1, 0.15) is 6.92 Å². The van der Waals surface area contributed by atoms with Gasteiger partial charge in [0, 0.05) is 0 Å². The molecule has 0 unspecified atom stereocenters. The van der Waals surface area contributed by atoms with Crippen LogP contribution in [0.3, 0.4) is 0 Å². The van der Waals surface area contributed by atoms with Crippen LogP contribution in [0.4, 0.5) is 0 Å². The second kappa shape index (κ2) is 12.2. The molecule has 0 aromatic heterocycles. The molecule has 0 bridgehead atoms. The summed E-state index contributed by atoms with van der Waals surface area (Å²) in [7, 11) is 1.43. The number of nitrogens with zero attached hydrogens (tertiary/aromatic N) is 2. The Kier molecular flexibility index (Phi) is 20.6. The third-order valence-electron chi connectivity index (χ3n) is 0.480. The van der Waals surface area contributed by atoms with E-state index < -0.39 is 0 Å². The molecule has 6 heteroatoms. The van der Waals surface area contributed by atoms with E-state index in [9.17, 15) is 0 Å². The third-order valence-corrected chi connectivity index (χ3v) is 0.480. The fourth-order valence-corrected chi connectivity index (χ4v) is 0.251. The Labute approximate surface area is 102 Å². The van der Waals surface area contributed by atoms with Gasteiger partial charge in [-0.05, 0) is 6.92 Å². The van der Waals surface area contributed by atoms with Crippen LogP contribution in [0.25, 0.3) is 0 Å². The van der Waals surface area contributed by atoms with Gasteiger partial charge in [-0.2, -0.15) is 0 Å². The van der Waals surface area contributed by atoms with E-state index in [1.165, 1.54) is 13.3 Å². The first kappa shape index (κ1) is 16.9. The second-order valence-corrected chi connectivity index (χ2v) is 1.16. The van der Waals surface area contributed by atoms with Gasteiger partial charge in [-0.15, -0.1) is 0 Å². The van der Waals surface area contributed by atoms with E-state index in [1.807, 2.05) is 0 Å². The minimum Gasteiger partial charge on any atom is -0.870 e. The van der Waals surface area contributed by atoms with E-state index >= 15 is 0 Å². The number of hydrogen-bond acceptors (Lipinski definition) is 5. The summed E-state index contributed by atoms with van der Waals surface area (Å²) < 4.78 is 0. The molecule has 0 saturated heterocycles. The molecule has 0 amide bonds. The fourth-order valence-electron chi connectivity index (χ4n) is 0.251. The average Bonchev–Trinajstić information content (AvgIpc) is 1.68. The summed E-state index contributed by atoms with van der Waals surface area (Å²) in [6.07, 6.45) is 1.18. The number of rotatable bonds is 2. The maximum atomic E-state index is 7.90. The molecular weight excluding hydrogens is 163 g/mol. The zero-order chi connectivity index (χ0) is 6.41. The molecule has 0 spiro atoms. The molecule has 0 radical (unpaired) electrons. The van der Waals surface area contributed by atoms with Crippen LogP contribution in [0.2, 0.25) is 0 Å². The Hall–Kier alpha value is 0.536. The van der Waals surface area contributed by atoms with Crippen LogP contribution >= 0.6 is 0 Å². The molecular formula is C4H9KN2O3. The molecule has 0 aliphatic rings. The monoisotopic (exact) mass is 172 g/mol. The summed E-state index contributed by atoms with van der Waals surface area (Å²) >= 11 is 0. The van der Waals surface area contributed by atoms with Crippen molar-refractivity contribution in [3.8, 4) is 0 Å². The van der Waals surface area contributed by atoms with Crippen molar-refractivity contribution in [1.29, 1.82) is 0 Å². The third kappa shape index (κ3) is 11.3. The SMILES string of the molecule is CON=C(C)C=NO.[K+].[OH-]. The molecule has 10 heavy (non-hydrogen) atoms. The van der Waals surface area contributed by atoms with Crippen LogP contribution < -0.4 is 51.4 Å². The summed E-state index contributed by atoms with van der Waals surface area (Å²) in [6.45, 7) is 1.66. The fraction of sp³-hybridized carbons (Fsp3) is 0.500. The van der Waals surface area contributed by atoms with Crippen molar-refractivity contribution in [1.82, 2.24) is 0 Å². The van der Waals surface area contributed by atoms with Crippen LogP contribution in [0.5, 0.6) is 0 Å². The van der Waals surface area contributed by atoms with Gasteiger partial charge in [0.25, 0.3) is 0 Å². The number of oxime groups is 2. The molecule has 2 N–H and O–H groups in total. The normalized spacial score (nSPS) is 10.0. The first-order valence-corrected chi connectivity index (χ1v) is 2.06. The summed E-state index contributed by atoms with van der Waals surface area (Å²) in [5, 5.41) is 14.0. The average molecular weight is 172 g/mol. The minimum absolute atomic E-state index is 0. The van der Waals surface area contributed by atoms with Crippen molar-refractivity contribution in [2.24, 2.45) is 10.3 Å². The molecule has 0 saturated carbocycles. The molecule has 5 nitrogen and oxygen atoms in total. The Balaban J connectivity index is -0.000000245. The first-order chi connectivity index (χ1) is 3.81. The van der Waals surface area contributed by atoms with Crippen LogP contribution in [0, 0.1) is 0 Å². The topological polar surface area (TPSA) is 84.2 Å². The van der Waals surface area contributed by atoms with Gasteiger partial charge in [0.2, 0.25) is 0 Å². The Morgan fingerprint density at radius 1 is 1.60 bits per heavy atom. The quantitative estimate of drug-likeness (QED) is 0.213. The van der Waals surface area contributed by atoms with Gasteiger partial charge in [0.15, 0.2) is 0 Å². The van der Waals surface area contributed by atoms with Gasteiger partial charge in [-0.3, -0.25) is 0 Å². The van der Waals surface area contributed by atoms with E-state index in [-0.39, 0.29) is 56.9 Å². The van der Waals surface area contributed by atoms with Gasteiger partial charge < -0.3 is 15.5 Å². The second-order valence-electron chi connectivity index (χ2n) is 1.16. The molecule has 0 atom stereocenters.